The average Bonchev–Trinajstić information content (AvgIpc) is 3.21. The minimum atomic E-state index is -1.36. The molecule has 9 nitrogen and oxygen atoms in total. The number of urea groups is 1. The summed E-state index contributed by atoms with van der Waals surface area (Å²) in [5.74, 6) is -2.90. The van der Waals surface area contributed by atoms with E-state index in [1.54, 1.807) is 0 Å². The first-order valence-corrected chi connectivity index (χ1v) is 12.3. The largest absolute Gasteiger partial charge is 0.477 e. The van der Waals surface area contributed by atoms with Gasteiger partial charge in [-0.25, -0.2) is 18.4 Å². The molecule has 3 rings (SSSR count). The van der Waals surface area contributed by atoms with E-state index in [1.165, 1.54) is 6.92 Å². The Balaban J connectivity index is 1.43. The smallest absolute Gasteiger partial charge is 0.344 e. The predicted molar refractivity (Wildman–Crippen MR) is 129 cm³/mol. The highest BCUT2D eigenvalue weighted by molar-refractivity contribution is 7.11. The minimum Gasteiger partial charge on any atom is -0.477 e. The molecule has 1 aliphatic heterocycles. The van der Waals surface area contributed by atoms with Gasteiger partial charge in [0.1, 0.15) is 23.2 Å². The van der Waals surface area contributed by atoms with Crippen LogP contribution in [0.5, 0.6) is 5.88 Å². The number of hydrogen-bond donors (Lipinski definition) is 3. The maximum Gasteiger partial charge on any atom is 0.344 e. The number of aryl methyl sites for hydroxylation is 1. The zero-order valence-corrected chi connectivity index (χ0v) is 20.7. The molecule has 0 aliphatic carbocycles. The molecule has 2 heterocycles. The van der Waals surface area contributed by atoms with Crippen LogP contribution in [0.1, 0.15) is 40.7 Å². The van der Waals surface area contributed by atoms with Crippen LogP contribution >= 0.6 is 11.5 Å². The number of carbonyl (C=O) groups is 2. The number of carboxylic acid groups (broad SMARTS) is 1. The van der Waals surface area contributed by atoms with Crippen molar-refractivity contribution in [2.24, 2.45) is 0 Å². The molecule has 0 radical (unpaired) electrons. The summed E-state index contributed by atoms with van der Waals surface area (Å²) < 4.78 is 37.0. The number of unbranched alkanes of at least 4 members (excludes halogenated alkanes) is 2. The van der Waals surface area contributed by atoms with Gasteiger partial charge in [0.05, 0.1) is 0 Å². The molecule has 1 aromatic carbocycles. The Morgan fingerprint density at radius 2 is 1.89 bits per heavy atom. The van der Waals surface area contributed by atoms with Crippen molar-refractivity contribution in [3.8, 4) is 5.88 Å². The van der Waals surface area contributed by atoms with Gasteiger partial charge in [-0.05, 0) is 62.6 Å². The molecule has 1 aliphatic rings. The summed E-state index contributed by atoms with van der Waals surface area (Å²) in [6.07, 6.45) is 2.83. The molecule has 1 aromatic heterocycles. The monoisotopic (exact) mass is 511 g/mol. The summed E-state index contributed by atoms with van der Waals surface area (Å²) in [4.78, 5) is 28.7. The fraction of sp³-hybridized carbons (Fsp3) is 0.522. The van der Waals surface area contributed by atoms with E-state index in [2.05, 4.69) is 31.9 Å². The Morgan fingerprint density at radius 1 is 1.14 bits per heavy atom. The standard InChI is InChI=1S/C23H31F2N5O4S/c1-15-12-18(25)16(13-17(15)24)14-34-20-19(22(31)32)21(35-28-20)27-23(33)26-6-4-3-5-7-30-10-8-29(2)9-11-30/h12-13H,3-11,14H2,1-2H3,(H,31,32)(H2,26,27,33). The van der Waals surface area contributed by atoms with Crippen LogP contribution in [-0.4, -0.2) is 77.6 Å². The van der Waals surface area contributed by atoms with Gasteiger partial charge in [0, 0.05) is 38.3 Å². The topological polar surface area (TPSA) is 107 Å². The van der Waals surface area contributed by atoms with Crippen molar-refractivity contribution in [2.75, 3.05) is 51.6 Å². The van der Waals surface area contributed by atoms with Crippen LogP contribution in [-0.2, 0) is 6.61 Å². The molecule has 0 bridgehead atoms. The van der Waals surface area contributed by atoms with Crippen LogP contribution in [0.4, 0.5) is 18.6 Å². The number of nitrogens with zero attached hydrogens (tertiary/aromatic N) is 3. The van der Waals surface area contributed by atoms with E-state index in [0.717, 1.165) is 75.7 Å². The maximum atomic E-state index is 14.0. The summed E-state index contributed by atoms with van der Waals surface area (Å²) in [6, 6.07) is 1.49. The Labute approximate surface area is 207 Å². The van der Waals surface area contributed by atoms with Gasteiger partial charge in [-0.1, -0.05) is 6.42 Å². The van der Waals surface area contributed by atoms with Crippen LogP contribution in [0.2, 0.25) is 0 Å². The lowest BCUT2D eigenvalue weighted by Gasteiger charge is -2.32. The highest BCUT2D eigenvalue weighted by atomic mass is 32.1. The second kappa shape index (κ2) is 12.8. The van der Waals surface area contributed by atoms with E-state index >= 15 is 0 Å². The number of aromatic nitrogens is 1. The SMILES string of the molecule is Cc1cc(F)c(COc2nsc(NC(=O)NCCCCCN3CCN(C)CC3)c2C(=O)O)cc1F. The first kappa shape index (κ1) is 26.8. The van der Waals surface area contributed by atoms with Gasteiger partial charge < -0.3 is 25.0 Å². The molecular formula is C23H31F2N5O4S. The van der Waals surface area contributed by atoms with Crippen molar-refractivity contribution in [2.45, 2.75) is 32.8 Å². The molecule has 2 aromatic rings. The summed E-state index contributed by atoms with van der Waals surface area (Å²) in [7, 11) is 2.13. The van der Waals surface area contributed by atoms with Gasteiger partial charge in [0.15, 0.2) is 5.56 Å². The van der Waals surface area contributed by atoms with Gasteiger partial charge >= 0.3 is 12.0 Å². The number of ether oxygens (including phenoxy) is 1. The Bertz CT molecular complexity index is 1030. The number of rotatable bonds is 11. The normalized spacial score (nSPS) is 14.6. The number of carboxylic acids is 1. The third-order valence-corrected chi connectivity index (χ3v) is 6.57. The van der Waals surface area contributed by atoms with E-state index in [0.29, 0.717) is 6.54 Å². The van der Waals surface area contributed by atoms with Gasteiger partial charge in [-0.3, -0.25) is 5.32 Å². The molecular weight excluding hydrogens is 480 g/mol. The Hall–Kier alpha value is -2.83. The lowest BCUT2D eigenvalue weighted by molar-refractivity contribution is 0.0693. The molecule has 0 spiro atoms. The van der Waals surface area contributed by atoms with Crippen LogP contribution in [0.25, 0.3) is 0 Å². The van der Waals surface area contributed by atoms with Crippen LogP contribution in [0.3, 0.4) is 0 Å². The molecule has 2 amide bonds. The first-order valence-electron chi connectivity index (χ1n) is 11.5. The van der Waals surface area contributed by atoms with Crippen LogP contribution in [0, 0.1) is 18.6 Å². The second-order valence-corrected chi connectivity index (χ2v) is 9.34. The van der Waals surface area contributed by atoms with E-state index in [4.69, 9.17) is 4.74 Å². The Kier molecular flexibility index (Phi) is 9.75. The highest BCUT2D eigenvalue weighted by Crippen LogP contribution is 2.31. The number of nitrogens with one attached hydrogen (secondary N) is 2. The number of halogens is 2. The lowest BCUT2D eigenvalue weighted by atomic mass is 10.1. The van der Waals surface area contributed by atoms with Crippen LogP contribution < -0.4 is 15.4 Å². The lowest BCUT2D eigenvalue weighted by Crippen LogP contribution is -2.44. The second-order valence-electron chi connectivity index (χ2n) is 8.56. The average molecular weight is 512 g/mol. The number of aromatic carboxylic acids is 1. The van der Waals surface area contributed by atoms with Gasteiger partial charge in [0.2, 0.25) is 5.88 Å². The predicted octanol–water partition coefficient (Wildman–Crippen LogP) is 3.55. The Morgan fingerprint density at radius 3 is 2.60 bits per heavy atom. The molecule has 0 atom stereocenters. The van der Waals surface area contributed by atoms with Gasteiger partial charge in [0.25, 0.3) is 0 Å². The molecule has 192 valence electrons. The zero-order valence-electron chi connectivity index (χ0n) is 19.9. The van der Waals surface area contributed by atoms with Crippen molar-refractivity contribution < 1.29 is 28.2 Å². The van der Waals surface area contributed by atoms with E-state index in [-0.39, 0.29) is 27.6 Å². The van der Waals surface area contributed by atoms with Crippen molar-refractivity contribution in [1.29, 1.82) is 0 Å². The molecule has 12 heteroatoms. The fourth-order valence-corrected chi connectivity index (χ4v) is 4.37. The molecule has 3 N–H and O–H groups in total. The number of piperazine rings is 1. The van der Waals surface area contributed by atoms with Crippen molar-refractivity contribution in [3.05, 3.63) is 40.5 Å². The van der Waals surface area contributed by atoms with Crippen molar-refractivity contribution in [3.63, 3.8) is 0 Å². The molecule has 1 fully saturated rings. The van der Waals surface area contributed by atoms with Gasteiger partial charge in [-0.15, -0.1) is 0 Å². The summed E-state index contributed by atoms with van der Waals surface area (Å²) >= 11 is 0.736. The maximum absolute atomic E-state index is 14.0. The highest BCUT2D eigenvalue weighted by Gasteiger charge is 2.24. The molecule has 35 heavy (non-hydrogen) atoms. The van der Waals surface area contributed by atoms with Crippen LogP contribution in [0.15, 0.2) is 12.1 Å². The third-order valence-electron chi connectivity index (χ3n) is 5.83. The summed E-state index contributed by atoms with van der Waals surface area (Å²) in [5, 5.41) is 14.7. The van der Waals surface area contributed by atoms with E-state index in [1.807, 2.05) is 0 Å². The summed E-state index contributed by atoms with van der Waals surface area (Å²) in [6.45, 7) is 6.87. The zero-order chi connectivity index (χ0) is 25.4. The summed E-state index contributed by atoms with van der Waals surface area (Å²) in [5.41, 5.74) is -0.263. The number of likely N-dealkylation sites (N-methyl/N-ethyl adjacent to an activating group) is 1. The number of anilines is 1. The molecule has 0 unspecified atom stereocenters. The van der Waals surface area contributed by atoms with E-state index < -0.39 is 30.2 Å². The van der Waals surface area contributed by atoms with Gasteiger partial charge in [-0.2, -0.15) is 4.37 Å². The third kappa shape index (κ3) is 7.84. The number of hydrogen-bond acceptors (Lipinski definition) is 7. The van der Waals surface area contributed by atoms with Crippen molar-refractivity contribution >= 4 is 28.5 Å². The van der Waals surface area contributed by atoms with Crippen molar-refractivity contribution in [1.82, 2.24) is 19.5 Å². The quantitative estimate of drug-likeness (QED) is 0.396. The molecule has 1 saturated heterocycles. The molecule has 0 saturated carbocycles. The number of benzene rings is 1. The fourth-order valence-electron chi connectivity index (χ4n) is 3.65. The van der Waals surface area contributed by atoms with E-state index in [9.17, 15) is 23.5 Å². The minimum absolute atomic E-state index is 0.00405. The number of carbonyl (C=O) groups excluding carboxylic acids is 1. The number of amides is 2. The first-order chi connectivity index (χ1) is 16.7.